The lowest BCUT2D eigenvalue weighted by Gasteiger charge is -2.12. The van der Waals surface area contributed by atoms with Crippen molar-refractivity contribution in [2.75, 3.05) is 17.2 Å². The molecular weight excluding hydrogens is 371 g/mol. The molecule has 0 atom stereocenters. The van der Waals surface area contributed by atoms with Crippen LogP contribution in [0, 0.1) is 5.82 Å². The van der Waals surface area contributed by atoms with E-state index in [0.717, 1.165) is 11.3 Å². The van der Waals surface area contributed by atoms with Crippen molar-refractivity contribution in [2.45, 2.75) is 13.3 Å². The van der Waals surface area contributed by atoms with E-state index in [4.69, 9.17) is 4.74 Å². The van der Waals surface area contributed by atoms with Gasteiger partial charge in [-0.1, -0.05) is 24.3 Å². The second-order valence-electron chi connectivity index (χ2n) is 6.32. The molecule has 2 N–H and O–H groups in total. The maximum atomic E-state index is 12.9. The van der Waals surface area contributed by atoms with Crippen LogP contribution in [0.4, 0.5) is 21.5 Å². The third-order valence-corrected chi connectivity index (χ3v) is 4.15. The van der Waals surface area contributed by atoms with E-state index in [9.17, 15) is 14.0 Å². The second kappa shape index (κ2) is 9.50. The van der Waals surface area contributed by atoms with Gasteiger partial charge in [-0.05, 0) is 61.0 Å². The minimum absolute atomic E-state index is 0.160. The van der Waals surface area contributed by atoms with Crippen molar-refractivity contribution in [1.82, 2.24) is 0 Å². The Balaban J connectivity index is 1.63. The van der Waals surface area contributed by atoms with Crippen molar-refractivity contribution in [3.05, 3.63) is 89.7 Å². The standard InChI is InChI=1S/C23H21FN2O3/c1-2-29-23(28)20-5-3-4-6-21(20)25-18-11-13-19(14-12-18)26-22(27)15-16-7-9-17(24)10-8-16/h3-14,25H,2,15H2,1H3,(H,26,27). The SMILES string of the molecule is CCOC(=O)c1ccccc1Nc1ccc(NC(=O)Cc2ccc(F)cc2)cc1. The number of benzene rings is 3. The first-order chi connectivity index (χ1) is 14.0. The van der Waals surface area contributed by atoms with E-state index in [0.29, 0.717) is 23.5 Å². The third-order valence-electron chi connectivity index (χ3n) is 4.15. The lowest BCUT2D eigenvalue weighted by atomic mass is 10.1. The molecule has 6 heteroatoms. The summed E-state index contributed by atoms with van der Waals surface area (Å²) in [6, 6.07) is 20.1. The molecule has 0 saturated carbocycles. The fourth-order valence-corrected chi connectivity index (χ4v) is 2.76. The minimum atomic E-state index is -0.389. The molecule has 0 fully saturated rings. The van der Waals surface area contributed by atoms with Gasteiger partial charge in [0.1, 0.15) is 5.82 Å². The summed E-state index contributed by atoms with van der Waals surface area (Å²) in [6.45, 7) is 2.07. The highest BCUT2D eigenvalue weighted by atomic mass is 19.1. The number of ether oxygens (including phenoxy) is 1. The van der Waals surface area contributed by atoms with Crippen molar-refractivity contribution < 1.29 is 18.7 Å². The van der Waals surface area contributed by atoms with Gasteiger partial charge in [-0.3, -0.25) is 4.79 Å². The van der Waals surface area contributed by atoms with Crippen molar-refractivity contribution in [3.63, 3.8) is 0 Å². The molecule has 29 heavy (non-hydrogen) atoms. The summed E-state index contributed by atoms with van der Waals surface area (Å²) in [5.41, 5.74) is 3.22. The molecule has 0 aliphatic carbocycles. The van der Waals surface area contributed by atoms with Crippen LogP contribution in [0.3, 0.4) is 0 Å². The summed E-state index contributed by atoms with van der Waals surface area (Å²) in [5.74, 6) is -0.910. The average molecular weight is 392 g/mol. The first-order valence-corrected chi connectivity index (χ1v) is 9.22. The van der Waals surface area contributed by atoms with Crippen LogP contribution in [0.5, 0.6) is 0 Å². The lowest BCUT2D eigenvalue weighted by Crippen LogP contribution is -2.14. The Labute approximate surface area is 168 Å². The normalized spacial score (nSPS) is 10.3. The molecular formula is C23H21FN2O3. The maximum absolute atomic E-state index is 12.9. The van der Waals surface area contributed by atoms with Gasteiger partial charge in [0.2, 0.25) is 5.91 Å². The number of hydrogen-bond acceptors (Lipinski definition) is 4. The number of carbonyl (C=O) groups is 2. The molecule has 3 aromatic carbocycles. The van der Waals surface area contributed by atoms with E-state index in [2.05, 4.69) is 10.6 Å². The lowest BCUT2D eigenvalue weighted by molar-refractivity contribution is -0.115. The van der Waals surface area contributed by atoms with Gasteiger partial charge in [0.15, 0.2) is 0 Å². The molecule has 0 aliphatic rings. The van der Waals surface area contributed by atoms with Crippen LogP contribution in [0.15, 0.2) is 72.8 Å². The first-order valence-electron chi connectivity index (χ1n) is 9.22. The summed E-state index contributed by atoms with van der Waals surface area (Å²) in [6.07, 6.45) is 0.160. The molecule has 0 saturated heterocycles. The van der Waals surface area contributed by atoms with E-state index < -0.39 is 0 Å². The van der Waals surface area contributed by atoms with Crippen LogP contribution in [0.1, 0.15) is 22.8 Å². The van der Waals surface area contributed by atoms with Crippen molar-refractivity contribution >= 4 is 28.9 Å². The molecule has 0 bridgehead atoms. The Morgan fingerprint density at radius 3 is 2.24 bits per heavy atom. The third kappa shape index (κ3) is 5.65. The predicted molar refractivity (Wildman–Crippen MR) is 111 cm³/mol. The summed E-state index contributed by atoms with van der Waals surface area (Å²) in [4.78, 5) is 24.2. The summed E-state index contributed by atoms with van der Waals surface area (Å²) in [5, 5.41) is 6.00. The highest BCUT2D eigenvalue weighted by Gasteiger charge is 2.12. The van der Waals surface area contributed by atoms with Crippen LogP contribution in [-0.4, -0.2) is 18.5 Å². The number of nitrogens with one attached hydrogen (secondary N) is 2. The van der Waals surface area contributed by atoms with Crippen molar-refractivity contribution in [3.8, 4) is 0 Å². The first kappa shape index (κ1) is 20.1. The van der Waals surface area contributed by atoms with Crippen LogP contribution in [0.2, 0.25) is 0 Å². The minimum Gasteiger partial charge on any atom is -0.462 e. The van der Waals surface area contributed by atoms with Gasteiger partial charge >= 0.3 is 5.97 Å². The van der Waals surface area contributed by atoms with Crippen LogP contribution < -0.4 is 10.6 Å². The predicted octanol–water partition coefficient (Wildman–Crippen LogP) is 4.93. The topological polar surface area (TPSA) is 67.4 Å². The fourth-order valence-electron chi connectivity index (χ4n) is 2.76. The van der Waals surface area contributed by atoms with Gasteiger partial charge in [-0.15, -0.1) is 0 Å². The zero-order valence-corrected chi connectivity index (χ0v) is 15.9. The van der Waals surface area contributed by atoms with Gasteiger partial charge in [0, 0.05) is 11.4 Å². The van der Waals surface area contributed by atoms with Gasteiger partial charge in [0.05, 0.1) is 24.3 Å². The maximum Gasteiger partial charge on any atom is 0.340 e. The average Bonchev–Trinajstić information content (AvgIpc) is 2.72. The van der Waals surface area contributed by atoms with Crippen molar-refractivity contribution in [1.29, 1.82) is 0 Å². The fraction of sp³-hybridized carbons (Fsp3) is 0.130. The number of hydrogen-bond donors (Lipinski definition) is 2. The molecule has 0 aliphatic heterocycles. The van der Waals surface area contributed by atoms with E-state index in [1.807, 2.05) is 6.07 Å². The number of amides is 1. The second-order valence-corrected chi connectivity index (χ2v) is 6.32. The number of esters is 1. The Hall–Kier alpha value is -3.67. The zero-order valence-electron chi connectivity index (χ0n) is 15.9. The van der Waals surface area contributed by atoms with Gasteiger partial charge in [0.25, 0.3) is 0 Å². The monoisotopic (exact) mass is 392 g/mol. The number of anilines is 3. The Bertz CT molecular complexity index is 986. The number of para-hydroxylation sites is 1. The quantitative estimate of drug-likeness (QED) is 0.560. The van der Waals surface area contributed by atoms with Gasteiger partial charge < -0.3 is 15.4 Å². The summed E-state index contributed by atoms with van der Waals surface area (Å²) >= 11 is 0. The smallest absolute Gasteiger partial charge is 0.340 e. The Kier molecular flexibility index (Phi) is 6.58. The molecule has 0 heterocycles. The van der Waals surface area contributed by atoms with Crippen LogP contribution in [-0.2, 0) is 16.0 Å². The Morgan fingerprint density at radius 2 is 1.55 bits per heavy atom. The van der Waals surface area contributed by atoms with E-state index >= 15 is 0 Å². The molecule has 148 valence electrons. The van der Waals surface area contributed by atoms with E-state index in [1.54, 1.807) is 61.5 Å². The summed E-state index contributed by atoms with van der Waals surface area (Å²) in [7, 11) is 0. The number of halogens is 1. The van der Waals surface area contributed by atoms with E-state index in [1.165, 1.54) is 12.1 Å². The molecule has 0 unspecified atom stereocenters. The highest BCUT2D eigenvalue weighted by Crippen LogP contribution is 2.23. The van der Waals surface area contributed by atoms with Crippen molar-refractivity contribution in [2.24, 2.45) is 0 Å². The highest BCUT2D eigenvalue weighted by molar-refractivity contribution is 5.96. The Morgan fingerprint density at radius 1 is 0.897 bits per heavy atom. The molecule has 3 aromatic rings. The number of carbonyl (C=O) groups excluding carboxylic acids is 2. The summed E-state index contributed by atoms with van der Waals surface area (Å²) < 4.78 is 18.0. The van der Waals surface area contributed by atoms with Gasteiger partial charge in [-0.2, -0.15) is 0 Å². The molecule has 1 amide bonds. The van der Waals surface area contributed by atoms with Gasteiger partial charge in [-0.25, -0.2) is 9.18 Å². The molecule has 0 radical (unpaired) electrons. The molecule has 0 spiro atoms. The largest absolute Gasteiger partial charge is 0.462 e. The molecule has 3 rings (SSSR count). The van der Waals surface area contributed by atoms with Crippen LogP contribution in [0.25, 0.3) is 0 Å². The zero-order chi connectivity index (χ0) is 20.6. The van der Waals surface area contributed by atoms with Crippen LogP contribution >= 0.6 is 0 Å². The molecule has 5 nitrogen and oxygen atoms in total. The number of rotatable bonds is 7. The molecule has 0 aromatic heterocycles. The van der Waals surface area contributed by atoms with E-state index in [-0.39, 0.29) is 24.1 Å².